The van der Waals surface area contributed by atoms with Gasteiger partial charge in [0.1, 0.15) is 5.76 Å². The van der Waals surface area contributed by atoms with Crippen LogP contribution in [0.2, 0.25) is 5.02 Å². The Morgan fingerprint density at radius 2 is 2.00 bits per heavy atom. The lowest BCUT2D eigenvalue weighted by atomic mass is 10.2. The highest BCUT2D eigenvalue weighted by atomic mass is 35.5. The van der Waals surface area contributed by atoms with Crippen molar-refractivity contribution in [2.75, 3.05) is 11.2 Å². The molecular formula is C20H15ClN2O4S2. The number of amides is 1. The van der Waals surface area contributed by atoms with Gasteiger partial charge >= 0.3 is 0 Å². The molecule has 2 aromatic heterocycles. The average molecular weight is 447 g/mol. The average Bonchev–Trinajstić information content (AvgIpc) is 3.33. The summed E-state index contributed by atoms with van der Waals surface area (Å²) in [5.41, 5.74) is 1.03. The quantitative estimate of drug-likeness (QED) is 0.440. The normalized spacial score (nSPS) is 11.7. The van der Waals surface area contributed by atoms with Gasteiger partial charge in [0.15, 0.2) is 15.0 Å². The summed E-state index contributed by atoms with van der Waals surface area (Å²) in [6.07, 6.45) is 2.69. The van der Waals surface area contributed by atoms with E-state index in [1.54, 1.807) is 48.5 Å². The maximum atomic E-state index is 13.2. The van der Waals surface area contributed by atoms with Crippen LogP contribution in [0.15, 0.2) is 70.2 Å². The number of carbonyl (C=O) groups excluding carboxylic acids is 1. The first-order valence-electron chi connectivity index (χ1n) is 8.52. The first kappa shape index (κ1) is 19.6. The lowest BCUT2D eigenvalue weighted by Gasteiger charge is -2.18. The highest BCUT2D eigenvalue weighted by Crippen LogP contribution is 2.32. The van der Waals surface area contributed by atoms with E-state index in [9.17, 15) is 13.2 Å². The molecule has 6 nitrogen and oxygen atoms in total. The molecule has 0 fully saturated rings. The molecule has 0 atom stereocenters. The second kappa shape index (κ2) is 7.62. The first-order valence-corrected chi connectivity index (χ1v) is 11.6. The third-order valence-corrected chi connectivity index (χ3v) is 6.60. The molecule has 4 rings (SSSR count). The van der Waals surface area contributed by atoms with Gasteiger partial charge in [0.25, 0.3) is 5.91 Å². The maximum Gasteiger partial charge on any atom is 0.260 e. The van der Waals surface area contributed by atoms with Crippen molar-refractivity contribution < 1.29 is 17.6 Å². The van der Waals surface area contributed by atoms with Crippen LogP contribution >= 0.6 is 22.9 Å². The Morgan fingerprint density at radius 1 is 1.17 bits per heavy atom. The monoisotopic (exact) mass is 446 g/mol. The van der Waals surface area contributed by atoms with Gasteiger partial charge in [-0.15, -0.1) is 0 Å². The van der Waals surface area contributed by atoms with Crippen molar-refractivity contribution in [2.45, 2.75) is 11.4 Å². The molecule has 2 heterocycles. The molecule has 1 amide bonds. The van der Waals surface area contributed by atoms with E-state index >= 15 is 0 Å². The summed E-state index contributed by atoms with van der Waals surface area (Å²) in [5.74, 6) is 0.308. The van der Waals surface area contributed by atoms with E-state index in [-0.39, 0.29) is 17.3 Å². The van der Waals surface area contributed by atoms with Crippen LogP contribution in [0, 0.1) is 0 Å². The maximum absolute atomic E-state index is 13.2. The van der Waals surface area contributed by atoms with Crippen molar-refractivity contribution in [3.05, 3.63) is 77.2 Å². The molecule has 2 aromatic carbocycles. The second-order valence-electron chi connectivity index (χ2n) is 6.38. The molecule has 0 aliphatic carbocycles. The summed E-state index contributed by atoms with van der Waals surface area (Å²) in [7, 11) is -3.34. The third-order valence-electron chi connectivity index (χ3n) is 4.22. The molecule has 9 heteroatoms. The van der Waals surface area contributed by atoms with Crippen LogP contribution in [0.1, 0.15) is 16.1 Å². The van der Waals surface area contributed by atoms with Crippen LogP contribution in [0.5, 0.6) is 0 Å². The van der Waals surface area contributed by atoms with Gasteiger partial charge in [-0.05, 0) is 48.5 Å². The van der Waals surface area contributed by atoms with E-state index in [0.717, 1.165) is 6.26 Å². The van der Waals surface area contributed by atoms with Gasteiger partial charge < -0.3 is 4.42 Å². The fourth-order valence-electron chi connectivity index (χ4n) is 2.80. The molecule has 0 saturated carbocycles. The van der Waals surface area contributed by atoms with Gasteiger partial charge in [-0.2, -0.15) is 0 Å². The molecule has 0 bridgehead atoms. The van der Waals surface area contributed by atoms with Crippen molar-refractivity contribution in [3.8, 4) is 0 Å². The Kier molecular flexibility index (Phi) is 5.16. The minimum atomic E-state index is -3.34. The fourth-order valence-corrected chi connectivity index (χ4v) is 4.72. The van der Waals surface area contributed by atoms with Crippen LogP contribution in [0.25, 0.3) is 10.2 Å². The Labute approximate surface area is 176 Å². The molecule has 29 heavy (non-hydrogen) atoms. The minimum absolute atomic E-state index is 0.178. The van der Waals surface area contributed by atoms with E-state index in [1.807, 2.05) is 0 Å². The van der Waals surface area contributed by atoms with Crippen LogP contribution < -0.4 is 4.90 Å². The number of nitrogens with zero attached hydrogens (tertiary/aromatic N) is 2. The molecule has 0 spiro atoms. The number of fused-ring (bicyclic) bond motifs is 1. The largest absolute Gasteiger partial charge is 0.467 e. The van der Waals surface area contributed by atoms with E-state index < -0.39 is 9.84 Å². The molecule has 0 aliphatic rings. The van der Waals surface area contributed by atoms with E-state index in [1.165, 1.54) is 28.6 Å². The van der Waals surface area contributed by atoms with Crippen molar-refractivity contribution in [1.82, 2.24) is 4.98 Å². The predicted octanol–water partition coefficient (Wildman–Crippen LogP) is 4.79. The van der Waals surface area contributed by atoms with Gasteiger partial charge in [-0.1, -0.05) is 29.0 Å². The Hall–Kier alpha value is -2.68. The summed E-state index contributed by atoms with van der Waals surface area (Å²) < 4.78 is 29.8. The number of sulfone groups is 1. The van der Waals surface area contributed by atoms with E-state index in [0.29, 0.717) is 31.7 Å². The van der Waals surface area contributed by atoms with Crippen LogP contribution in [-0.4, -0.2) is 25.6 Å². The van der Waals surface area contributed by atoms with Crippen molar-refractivity contribution in [3.63, 3.8) is 0 Å². The molecule has 0 N–H and O–H groups in total. The highest BCUT2D eigenvalue weighted by Gasteiger charge is 2.23. The number of furan rings is 1. The summed E-state index contributed by atoms with van der Waals surface area (Å²) >= 11 is 7.29. The van der Waals surface area contributed by atoms with Gasteiger partial charge in [0.2, 0.25) is 0 Å². The Bertz CT molecular complexity index is 1300. The summed E-state index contributed by atoms with van der Waals surface area (Å²) in [5, 5.41) is 0.892. The standard InChI is InChI=1S/C20H15ClN2O4S2/c1-29(25,26)16-7-8-17-18(11-16)28-20(22-17)23(12-15-6-3-9-27-15)19(24)13-4-2-5-14(21)10-13/h2-11H,12H2,1H3. The van der Waals surface area contributed by atoms with Gasteiger partial charge in [-0.25, -0.2) is 13.4 Å². The lowest BCUT2D eigenvalue weighted by Crippen LogP contribution is -2.30. The molecule has 4 aromatic rings. The first-order chi connectivity index (χ1) is 13.8. The number of hydrogen-bond acceptors (Lipinski definition) is 6. The molecule has 0 radical (unpaired) electrons. The highest BCUT2D eigenvalue weighted by molar-refractivity contribution is 7.90. The Balaban J connectivity index is 1.79. The topological polar surface area (TPSA) is 80.5 Å². The number of aromatic nitrogens is 1. The van der Waals surface area contributed by atoms with Crippen LogP contribution in [-0.2, 0) is 16.4 Å². The lowest BCUT2D eigenvalue weighted by molar-refractivity contribution is 0.0983. The zero-order chi connectivity index (χ0) is 20.6. The summed E-state index contributed by atoms with van der Waals surface area (Å²) in [4.78, 5) is 19.5. The molecule has 0 saturated heterocycles. The number of hydrogen-bond donors (Lipinski definition) is 0. The molecule has 0 aliphatic heterocycles. The third kappa shape index (κ3) is 4.19. The van der Waals surface area contributed by atoms with Crippen LogP contribution in [0.3, 0.4) is 0 Å². The number of thiazole rings is 1. The van der Waals surface area contributed by atoms with Gasteiger partial charge in [-0.3, -0.25) is 9.69 Å². The molecule has 0 unspecified atom stereocenters. The Morgan fingerprint density at radius 3 is 2.69 bits per heavy atom. The number of rotatable bonds is 5. The SMILES string of the molecule is CS(=O)(=O)c1ccc2nc(N(Cc3ccco3)C(=O)c3cccc(Cl)c3)sc2c1. The molecule has 148 valence electrons. The summed E-state index contributed by atoms with van der Waals surface area (Å²) in [6.45, 7) is 0.178. The van der Waals surface area contributed by atoms with Crippen LogP contribution in [0.4, 0.5) is 5.13 Å². The fraction of sp³-hybridized carbons (Fsp3) is 0.100. The minimum Gasteiger partial charge on any atom is -0.467 e. The number of benzene rings is 2. The van der Waals surface area contributed by atoms with Gasteiger partial charge in [0.05, 0.1) is 27.9 Å². The van der Waals surface area contributed by atoms with E-state index in [2.05, 4.69) is 4.98 Å². The smallest absolute Gasteiger partial charge is 0.260 e. The zero-order valence-corrected chi connectivity index (χ0v) is 17.6. The number of anilines is 1. The van der Waals surface area contributed by atoms with Crippen molar-refractivity contribution in [2.24, 2.45) is 0 Å². The summed E-state index contributed by atoms with van der Waals surface area (Å²) in [6, 6.07) is 14.9. The van der Waals surface area contributed by atoms with E-state index in [4.69, 9.17) is 16.0 Å². The second-order valence-corrected chi connectivity index (χ2v) is 9.84. The van der Waals surface area contributed by atoms with Crippen molar-refractivity contribution in [1.29, 1.82) is 0 Å². The molecular weight excluding hydrogens is 432 g/mol. The number of halogens is 1. The zero-order valence-electron chi connectivity index (χ0n) is 15.2. The van der Waals surface area contributed by atoms with Gasteiger partial charge in [0, 0.05) is 16.8 Å². The predicted molar refractivity (Wildman–Crippen MR) is 113 cm³/mol. The van der Waals surface area contributed by atoms with Crippen molar-refractivity contribution >= 4 is 54.0 Å². The number of carbonyl (C=O) groups is 1.